The van der Waals surface area contributed by atoms with Crippen molar-refractivity contribution in [2.24, 2.45) is 0 Å². The number of nitrogens with zero attached hydrogens (tertiary/aromatic N) is 5. The molecule has 0 fully saturated rings. The molecule has 106 valence electrons. The van der Waals surface area contributed by atoms with Crippen molar-refractivity contribution in [3.63, 3.8) is 0 Å². The normalized spacial score (nSPS) is 10.6. The van der Waals surface area contributed by atoms with Crippen LogP contribution < -0.4 is 0 Å². The molecular weight excluding hydrogens is 286 g/mol. The first-order valence-corrected chi connectivity index (χ1v) is 6.49. The third-order valence-corrected chi connectivity index (χ3v) is 3.36. The van der Waals surface area contributed by atoms with Crippen LogP contribution in [0, 0.1) is 24.0 Å². The Bertz CT molecular complexity index is 677. The van der Waals surface area contributed by atoms with Crippen LogP contribution in [0.25, 0.3) is 5.13 Å². The SMILES string of the molecule is CCOC(=O)c1nnc(-n2nc(C)c([N+](=O)[O-])c2C)s1. The van der Waals surface area contributed by atoms with Gasteiger partial charge in [0.15, 0.2) is 0 Å². The molecule has 0 amide bonds. The highest BCUT2D eigenvalue weighted by Gasteiger charge is 2.25. The van der Waals surface area contributed by atoms with E-state index in [0.29, 0.717) is 5.69 Å². The summed E-state index contributed by atoms with van der Waals surface area (Å²) in [6, 6.07) is 0. The largest absolute Gasteiger partial charge is 0.461 e. The Morgan fingerprint density at radius 3 is 2.70 bits per heavy atom. The lowest BCUT2D eigenvalue weighted by atomic mass is 10.3. The average Bonchev–Trinajstić information content (AvgIpc) is 2.94. The van der Waals surface area contributed by atoms with Crippen LogP contribution in [0.5, 0.6) is 0 Å². The van der Waals surface area contributed by atoms with Crippen molar-refractivity contribution >= 4 is 23.0 Å². The summed E-state index contributed by atoms with van der Waals surface area (Å²) in [7, 11) is 0. The summed E-state index contributed by atoms with van der Waals surface area (Å²) in [5, 5.41) is 22.9. The highest BCUT2D eigenvalue weighted by Crippen LogP contribution is 2.26. The maximum absolute atomic E-state index is 11.5. The zero-order chi connectivity index (χ0) is 14.9. The van der Waals surface area contributed by atoms with E-state index in [9.17, 15) is 14.9 Å². The third-order valence-electron chi connectivity index (χ3n) is 2.48. The van der Waals surface area contributed by atoms with E-state index in [1.54, 1.807) is 13.8 Å². The zero-order valence-corrected chi connectivity index (χ0v) is 11.8. The van der Waals surface area contributed by atoms with E-state index in [1.807, 2.05) is 0 Å². The highest BCUT2D eigenvalue weighted by atomic mass is 32.1. The van der Waals surface area contributed by atoms with Gasteiger partial charge in [0.25, 0.3) is 0 Å². The number of esters is 1. The summed E-state index contributed by atoms with van der Waals surface area (Å²) >= 11 is 0.963. The molecule has 0 unspecified atom stereocenters. The summed E-state index contributed by atoms with van der Waals surface area (Å²) < 4.78 is 6.11. The van der Waals surface area contributed by atoms with Crippen molar-refractivity contribution in [1.29, 1.82) is 0 Å². The van der Waals surface area contributed by atoms with Crippen LogP contribution in [0.2, 0.25) is 0 Å². The van der Waals surface area contributed by atoms with Crippen molar-refractivity contribution in [1.82, 2.24) is 20.0 Å². The number of aromatic nitrogens is 4. The fourth-order valence-electron chi connectivity index (χ4n) is 1.66. The Morgan fingerprint density at radius 2 is 2.15 bits per heavy atom. The van der Waals surface area contributed by atoms with Crippen LogP contribution in [0.15, 0.2) is 0 Å². The number of hydrogen-bond donors (Lipinski definition) is 0. The number of carbonyl (C=O) groups excluding carboxylic acids is 1. The lowest BCUT2D eigenvalue weighted by Crippen LogP contribution is -2.03. The van der Waals surface area contributed by atoms with E-state index in [2.05, 4.69) is 15.3 Å². The van der Waals surface area contributed by atoms with Gasteiger partial charge in [-0.15, -0.1) is 10.2 Å². The smallest absolute Gasteiger partial charge is 0.369 e. The molecule has 2 rings (SSSR count). The molecule has 10 heteroatoms. The molecule has 20 heavy (non-hydrogen) atoms. The molecule has 0 spiro atoms. The molecule has 0 aromatic carbocycles. The van der Waals surface area contributed by atoms with E-state index in [-0.39, 0.29) is 28.1 Å². The maximum Gasteiger partial charge on any atom is 0.369 e. The summed E-state index contributed by atoms with van der Waals surface area (Å²) in [5.74, 6) is -0.577. The van der Waals surface area contributed by atoms with Gasteiger partial charge >= 0.3 is 11.7 Å². The summed E-state index contributed by atoms with van der Waals surface area (Å²) in [6.45, 7) is 5.02. The van der Waals surface area contributed by atoms with Crippen LogP contribution in [0.4, 0.5) is 5.69 Å². The van der Waals surface area contributed by atoms with Crippen molar-refractivity contribution < 1.29 is 14.5 Å². The Balaban J connectivity index is 2.41. The fourth-order valence-corrected chi connectivity index (χ4v) is 2.40. The van der Waals surface area contributed by atoms with Gasteiger partial charge in [-0.2, -0.15) is 5.10 Å². The molecule has 0 bridgehead atoms. The van der Waals surface area contributed by atoms with Crippen molar-refractivity contribution in [2.75, 3.05) is 6.61 Å². The second kappa shape index (κ2) is 5.33. The molecule has 0 saturated carbocycles. The van der Waals surface area contributed by atoms with Crippen molar-refractivity contribution in [2.45, 2.75) is 20.8 Å². The van der Waals surface area contributed by atoms with E-state index < -0.39 is 10.9 Å². The molecule has 0 aliphatic carbocycles. The van der Waals surface area contributed by atoms with E-state index >= 15 is 0 Å². The van der Waals surface area contributed by atoms with Crippen molar-refractivity contribution in [3.8, 4) is 5.13 Å². The molecule has 0 radical (unpaired) electrons. The minimum atomic E-state index is -0.577. The predicted octanol–water partition coefficient (Wildman–Crippen LogP) is 1.43. The van der Waals surface area contributed by atoms with Gasteiger partial charge in [0, 0.05) is 0 Å². The summed E-state index contributed by atoms with van der Waals surface area (Å²) in [5.41, 5.74) is 0.539. The Kier molecular flexibility index (Phi) is 3.74. The third kappa shape index (κ3) is 2.37. The first-order chi connectivity index (χ1) is 9.45. The Labute approximate surface area is 117 Å². The van der Waals surface area contributed by atoms with E-state index in [1.165, 1.54) is 11.6 Å². The molecule has 0 aliphatic rings. The molecule has 0 N–H and O–H groups in total. The fraction of sp³-hybridized carbons (Fsp3) is 0.400. The Hall–Kier alpha value is -2.36. The minimum absolute atomic E-state index is 0.0714. The first kappa shape index (κ1) is 14.1. The molecule has 9 nitrogen and oxygen atoms in total. The van der Waals surface area contributed by atoms with Gasteiger partial charge in [-0.25, -0.2) is 9.48 Å². The van der Waals surface area contributed by atoms with Gasteiger partial charge in [-0.1, -0.05) is 11.3 Å². The molecule has 0 aliphatic heterocycles. The van der Waals surface area contributed by atoms with Crippen molar-refractivity contribution in [3.05, 3.63) is 26.5 Å². The van der Waals surface area contributed by atoms with Crippen LogP contribution in [-0.2, 0) is 4.74 Å². The minimum Gasteiger partial charge on any atom is -0.461 e. The molecular formula is C10H11N5O4S. The maximum atomic E-state index is 11.5. The monoisotopic (exact) mass is 297 g/mol. The highest BCUT2D eigenvalue weighted by molar-refractivity contribution is 7.15. The second-order valence-electron chi connectivity index (χ2n) is 3.80. The zero-order valence-electron chi connectivity index (χ0n) is 11.0. The standard InChI is InChI=1S/C10H11N5O4S/c1-4-19-9(16)8-11-12-10(20-8)14-6(3)7(15(17)18)5(2)13-14/h4H2,1-3H3. The number of rotatable bonds is 4. The summed E-state index contributed by atoms with van der Waals surface area (Å²) in [6.07, 6.45) is 0. The van der Waals surface area contributed by atoms with Crippen LogP contribution in [0.3, 0.4) is 0 Å². The first-order valence-electron chi connectivity index (χ1n) is 5.67. The van der Waals surface area contributed by atoms with E-state index in [4.69, 9.17) is 4.74 Å². The molecule has 0 saturated heterocycles. The second-order valence-corrected chi connectivity index (χ2v) is 4.75. The molecule has 0 atom stereocenters. The van der Waals surface area contributed by atoms with Gasteiger partial charge in [-0.3, -0.25) is 10.1 Å². The number of ether oxygens (including phenoxy) is 1. The van der Waals surface area contributed by atoms with Gasteiger partial charge in [-0.05, 0) is 20.8 Å². The summed E-state index contributed by atoms with van der Waals surface area (Å²) in [4.78, 5) is 21.9. The van der Waals surface area contributed by atoms with Gasteiger partial charge in [0.2, 0.25) is 10.1 Å². The number of hydrogen-bond acceptors (Lipinski definition) is 8. The van der Waals surface area contributed by atoms with Crippen LogP contribution in [-0.4, -0.2) is 37.5 Å². The van der Waals surface area contributed by atoms with Crippen LogP contribution in [0.1, 0.15) is 28.1 Å². The lowest BCUT2D eigenvalue weighted by molar-refractivity contribution is -0.386. The number of carbonyl (C=O) groups is 1. The quantitative estimate of drug-likeness (QED) is 0.476. The molecule has 2 heterocycles. The molecule has 2 aromatic rings. The Morgan fingerprint density at radius 1 is 1.45 bits per heavy atom. The number of aryl methyl sites for hydroxylation is 1. The number of nitro groups is 1. The van der Waals surface area contributed by atoms with Gasteiger partial charge < -0.3 is 4.74 Å². The topological polar surface area (TPSA) is 113 Å². The van der Waals surface area contributed by atoms with Gasteiger partial charge in [0.1, 0.15) is 11.4 Å². The lowest BCUT2D eigenvalue weighted by Gasteiger charge is -1.96. The average molecular weight is 297 g/mol. The van der Waals surface area contributed by atoms with Crippen LogP contribution >= 0.6 is 11.3 Å². The predicted molar refractivity (Wildman–Crippen MR) is 69.1 cm³/mol. The van der Waals surface area contributed by atoms with E-state index in [0.717, 1.165) is 11.3 Å². The molecule has 2 aromatic heterocycles. The van der Waals surface area contributed by atoms with Gasteiger partial charge in [0.05, 0.1) is 11.5 Å².